The second-order valence-electron chi connectivity index (χ2n) is 2.42. The minimum absolute atomic E-state index is 0.0953. The number of nitrogens with two attached hydrogens (primary N) is 1. The van der Waals surface area contributed by atoms with Crippen molar-refractivity contribution in [2.45, 2.75) is 6.54 Å². The van der Waals surface area contributed by atoms with E-state index in [0.717, 1.165) is 4.57 Å². The van der Waals surface area contributed by atoms with E-state index in [9.17, 15) is 14.9 Å². The van der Waals surface area contributed by atoms with Crippen molar-refractivity contribution in [2.24, 2.45) is 5.73 Å². The largest absolute Gasteiger partial charge is 0.436 e. The van der Waals surface area contributed by atoms with E-state index in [1.807, 2.05) is 0 Å². The van der Waals surface area contributed by atoms with Gasteiger partial charge in [-0.05, 0) is 10.8 Å². The molecule has 0 fully saturated rings. The molecule has 72 valence electrons. The third kappa shape index (κ3) is 1.87. The van der Waals surface area contributed by atoms with E-state index >= 15 is 0 Å². The molecule has 1 aromatic rings. The molecule has 7 heteroatoms. The highest BCUT2D eigenvalue weighted by Crippen LogP contribution is 2.10. The van der Waals surface area contributed by atoms with E-state index in [1.54, 1.807) is 0 Å². The maximum Gasteiger partial charge on any atom is 0.436 e. The van der Waals surface area contributed by atoms with E-state index < -0.39 is 16.8 Å². The van der Waals surface area contributed by atoms with Crippen LogP contribution in [-0.2, 0) is 11.3 Å². The van der Waals surface area contributed by atoms with Gasteiger partial charge in [-0.15, -0.1) is 6.42 Å². The van der Waals surface area contributed by atoms with E-state index in [-0.39, 0.29) is 12.2 Å². The summed E-state index contributed by atoms with van der Waals surface area (Å²) < 4.78 is 0.998. The fourth-order valence-electron chi connectivity index (χ4n) is 0.906. The van der Waals surface area contributed by atoms with Crippen LogP contribution in [-0.4, -0.2) is 20.4 Å². The molecule has 0 aliphatic rings. The Morgan fingerprint density at radius 3 is 2.93 bits per heavy atom. The lowest BCUT2D eigenvalue weighted by Gasteiger charge is -1.96. The van der Waals surface area contributed by atoms with Crippen LogP contribution in [0.25, 0.3) is 0 Å². The monoisotopic (exact) mass is 194 g/mol. The average Bonchev–Trinajstić information content (AvgIpc) is 2.46. The van der Waals surface area contributed by atoms with Crippen molar-refractivity contribution in [1.82, 2.24) is 9.55 Å². The van der Waals surface area contributed by atoms with Crippen LogP contribution in [0.5, 0.6) is 0 Å². The lowest BCUT2D eigenvalue weighted by atomic mass is 10.5. The van der Waals surface area contributed by atoms with E-state index in [1.165, 1.54) is 6.20 Å². The van der Waals surface area contributed by atoms with Crippen molar-refractivity contribution in [1.29, 1.82) is 0 Å². The summed E-state index contributed by atoms with van der Waals surface area (Å²) in [7, 11) is 0. The van der Waals surface area contributed by atoms with Gasteiger partial charge in [0.1, 0.15) is 6.20 Å². The zero-order chi connectivity index (χ0) is 10.7. The number of amides is 1. The summed E-state index contributed by atoms with van der Waals surface area (Å²) in [5.74, 6) is 0.938. The van der Waals surface area contributed by atoms with E-state index in [0.29, 0.717) is 0 Å². The number of nitrogens with zero attached hydrogens (tertiary/aromatic N) is 3. The fraction of sp³-hybridized carbons (Fsp3) is 0.143. The predicted octanol–water partition coefficient (Wildman–Crippen LogP) is -0.742. The van der Waals surface area contributed by atoms with Gasteiger partial charge in [-0.2, -0.15) is 0 Å². The van der Waals surface area contributed by atoms with Crippen molar-refractivity contribution < 1.29 is 9.72 Å². The maximum atomic E-state index is 10.5. The van der Waals surface area contributed by atoms with E-state index in [2.05, 4.69) is 10.9 Å². The SMILES string of the molecule is C#Cc1cn(CC(N)=O)c([N+](=O)[O-])n1. The summed E-state index contributed by atoms with van der Waals surface area (Å²) in [6, 6.07) is 0. The Balaban J connectivity index is 3.13. The third-order valence-corrected chi connectivity index (χ3v) is 1.39. The number of aromatic nitrogens is 2. The second-order valence-corrected chi connectivity index (χ2v) is 2.42. The molecule has 7 nitrogen and oxygen atoms in total. The van der Waals surface area contributed by atoms with Gasteiger partial charge in [-0.25, -0.2) is 4.57 Å². The predicted molar refractivity (Wildman–Crippen MR) is 46.0 cm³/mol. The molecule has 0 saturated heterocycles. The molecule has 0 aromatic carbocycles. The Bertz CT molecular complexity index is 429. The summed E-state index contributed by atoms with van der Waals surface area (Å²) in [5.41, 5.74) is 4.98. The lowest BCUT2D eigenvalue weighted by Crippen LogP contribution is -2.19. The summed E-state index contributed by atoms with van der Waals surface area (Å²) in [4.78, 5) is 23.7. The summed E-state index contributed by atoms with van der Waals surface area (Å²) in [6.45, 7) is -0.314. The molecule has 0 radical (unpaired) electrons. The van der Waals surface area contributed by atoms with Gasteiger partial charge < -0.3 is 15.8 Å². The number of hydrogen-bond donors (Lipinski definition) is 1. The van der Waals surface area contributed by atoms with Crippen LogP contribution in [0.3, 0.4) is 0 Å². The van der Waals surface area contributed by atoms with Crippen LogP contribution < -0.4 is 5.73 Å². The van der Waals surface area contributed by atoms with Crippen molar-refractivity contribution in [2.75, 3.05) is 0 Å². The summed E-state index contributed by atoms with van der Waals surface area (Å²) >= 11 is 0. The van der Waals surface area contributed by atoms with Crippen molar-refractivity contribution >= 4 is 11.9 Å². The Hall–Kier alpha value is -2.36. The number of carbonyl (C=O) groups is 1. The number of terminal acetylenes is 1. The quantitative estimate of drug-likeness (QED) is 0.388. The fourth-order valence-corrected chi connectivity index (χ4v) is 0.906. The third-order valence-electron chi connectivity index (χ3n) is 1.39. The van der Waals surface area contributed by atoms with Crippen LogP contribution in [0.2, 0.25) is 0 Å². The standard InChI is InChI=1S/C7H6N4O3/c1-2-5-3-10(4-6(8)12)7(9-5)11(13)14/h1,3H,4H2,(H2,8,12). The number of imidazole rings is 1. The number of carbonyl (C=O) groups excluding carboxylic acids is 1. The van der Waals surface area contributed by atoms with Crippen molar-refractivity contribution in [3.05, 3.63) is 22.0 Å². The molecule has 0 atom stereocenters. The smallest absolute Gasteiger partial charge is 0.390 e. The van der Waals surface area contributed by atoms with Crippen LogP contribution >= 0.6 is 0 Å². The first-order valence-corrected chi connectivity index (χ1v) is 3.51. The molecule has 0 unspecified atom stereocenters. The number of primary amides is 1. The Labute approximate surface area is 78.7 Å². The van der Waals surface area contributed by atoms with Gasteiger partial charge in [0.05, 0.1) is 0 Å². The van der Waals surface area contributed by atoms with Gasteiger partial charge in [-0.1, -0.05) is 4.98 Å². The molecule has 2 N–H and O–H groups in total. The highest BCUT2D eigenvalue weighted by molar-refractivity contribution is 5.73. The number of nitro groups is 1. The van der Waals surface area contributed by atoms with Crippen LogP contribution in [0.1, 0.15) is 5.69 Å². The Kier molecular flexibility index (Phi) is 2.48. The van der Waals surface area contributed by atoms with Crippen LogP contribution in [0.15, 0.2) is 6.20 Å². The van der Waals surface area contributed by atoms with Crippen molar-refractivity contribution in [3.8, 4) is 12.3 Å². The van der Waals surface area contributed by atoms with Gasteiger partial charge in [0, 0.05) is 0 Å². The lowest BCUT2D eigenvalue weighted by molar-refractivity contribution is -0.396. The molecule has 1 aromatic heterocycles. The molecule has 1 amide bonds. The summed E-state index contributed by atoms with van der Waals surface area (Å²) in [6.07, 6.45) is 6.22. The molecular formula is C7H6N4O3. The van der Waals surface area contributed by atoms with Crippen molar-refractivity contribution in [3.63, 3.8) is 0 Å². The first-order chi connectivity index (χ1) is 6.54. The van der Waals surface area contributed by atoms with Gasteiger partial charge in [0.25, 0.3) is 5.91 Å². The van der Waals surface area contributed by atoms with Gasteiger partial charge in [0.2, 0.25) is 5.69 Å². The first-order valence-electron chi connectivity index (χ1n) is 3.51. The highest BCUT2D eigenvalue weighted by atomic mass is 16.6. The second kappa shape index (κ2) is 3.57. The average molecular weight is 194 g/mol. The molecule has 0 spiro atoms. The van der Waals surface area contributed by atoms with Gasteiger partial charge >= 0.3 is 5.95 Å². The Morgan fingerprint density at radius 1 is 1.86 bits per heavy atom. The minimum atomic E-state index is -0.732. The maximum absolute atomic E-state index is 10.5. The zero-order valence-corrected chi connectivity index (χ0v) is 7.01. The van der Waals surface area contributed by atoms with E-state index in [4.69, 9.17) is 12.2 Å². The van der Waals surface area contributed by atoms with Gasteiger partial charge in [0.15, 0.2) is 6.54 Å². The minimum Gasteiger partial charge on any atom is -0.390 e. The highest BCUT2D eigenvalue weighted by Gasteiger charge is 2.19. The zero-order valence-electron chi connectivity index (χ0n) is 7.01. The normalized spacial score (nSPS) is 9.36. The molecular weight excluding hydrogens is 188 g/mol. The molecule has 0 bridgehead atoms. The molecule has 0 aliphatic heterocycles. The topological polar surface area (TPSA) is 104 Å². The molecule has 1 rings (SSSR count). The Morgan fingerprint density at radius 2 is 2.50 bits per heavy atom. The molecule has 1 heterocycles. The van der Waals surface area contributed by atoms with Gasteiger partial charge in [-0.3, -0.25) is 4.79 Å². The summed E-state index contributed by atoms with van der Waals surface area (Å²) in [5, 5.41) is 10.4. The molecule has 0 saturated carbocycles. The molecule has 0 aliphatic carbocycles. The number of rotatable bonds is 3. The number of hydrogen-bond acceptors (Lipinski definition) is 4. The van der Waals surface area contributed by atoms with Crippen LogP contribution in [0, 0.1) is 22.5 Å². The molecule has 14 heavy (non-hydrogen) atoms. The first kappa shape index (κ1) is 9.73. The van der Waals surface area contributed by atoms with Crippen LogP contribution in [0.4, 0.5) is 5.95 Å².